The minimum Gasteiger partial charge on any atom is -0.479 e. The van der Waals surface area contributed by atoms with Gasteiger partial charge in [-0.05, 0) is 31.2 Å². The van der Waals surface area contributed by atoms with E-state index in [2.05, 4.69) is 15.8 Å². The van der Waals surface area contributed by atoms with E-state index < -0.39 is 6.03 Å². The summed E-state index contributed by atoms with van der Waals surface area (Å²) in [5.74, 6) is 1.51. The Hall–Kier alpha value is -3.01. The molecule has 1 aromatic carbocycles. The Morgan fingerprint density at radius 2 is 2.15 bits per heavy atom. The SMILES string of the molecule is Cc1cc(NC(=O)Nc2ccc(OCC#N)cc2)no1. The van der Waals surface area contributed by atoms with Crippen LogP contribution in [0.4, 0.5) is 16.3 Å². The molecule has 0 aliphatic carbocycles. The van der Waals surface area contributed by atoms with Gasteiger partial charge in [0.15, 0.2) is 12.4 Å². The number of benzene rings is 1. The zero-order valence-electron chi connectivity index (χ0n) is 10.7. The molecule has 0 aliphatic heterocycles. The summed E-state index contributed by atoms with van der Waals surface area (Å²) < 4.78 is 9.94. The van der Waals surface area contributed by atoms with Crippen LogP contribution in [0.5, 0.6) is 5.75 Å². The third-order valence-corrected chi connectivity index (χ3v) is 2.29. The lowest BCUT2D eigenvalue weighted by Gasteiger charge is -2.06. The van der Waals surface area contributed by atoms with Crippen molar-refractivity contribution in [1.29, 1.82) is 5.26 Å². The third-order valence-electron chi connectivity index (χ3n) is 2.29. The zero-order valence-corrected chi connectivity index (χ0v) is 10.7. The quantitative estimate of drug-likeness (QED) is 0.890. The molecule has 7 nitrogen and oxygen atoms in total. The molecule has 0 saturated carbocycles. The van der Waals surface area contributed by atoms with Gasteiger partial charge in [-0.1, -0.05) is 5.16 Å². The van der Waals surface area contributed by atoms with Crippen molar-refractivity contribution in [3.8, 4) is 11.8 Å². The van der Waals surface area contributed by atoms with Crippen LogP contribution in [0.1, 0.15) is 5.76 Å². The Bertz CT molecular complexity index is 628. The summed E-state index contributed by atoms with van der Waals surface area (Å²) in [6.45, 7) is 1.72. The number of ether oxygens (including phenoxy) is 1. The molecule has 1 heterocycles. The number of urea groups is 1. The van der Waals surface area contributed by atoms with Crippen molar-refractivity contribution in [2.24, 2.45) is 0 Å². The highest BCUT2D eigenvalue weighted by molar-refractivity contribution is 5.99. The van der Waals surface area contributed by atoms with Crippen LogP contribution in [0.2, 0.25) is 0 Å². The number of hydrogen-bond donors (Lipinski definition) is 2. The highest BCUT2D eigenvalue weighted by atomic mass is 16.5. The van der Waals surface area contributed by atoms with Crippen LogP contribution in [0.3, 0.4) is 0 Å². The molecular weight excluding hydrogens is 260 g/mol. The van der Waals surface area contributed by atoms with Gasteiger partial charge in [0.25, 0.3) is 0 Å². The number of nitrogens with one attached hydrogen (secondary N) is 2. The summed E-state index contributed by atoms with van der Waals surface area (Å²) in [5.41, 5.74) is 0.590. The fourth-order valence-electron chi connectivity index (χ4n) is 1.45. The van der Waals surface area contributed by atoms with Gasteiger partial charge in [0.2, 0.25) is 0 Å². The van der Waals surface area contributed by atoms with Crippen molar-refractivity contribution < 1.29 is 14.1 Å². The van der Waals surface area contributed by atoms with Crippen molar-refractivity contribution in [3.05, 3.63) is 36.1 Å². The van der Waals surface area contributed by atoms with Crippen molar-refractivity contribution in [2.45, 2.75) is 6.92 Å². The van der Waals surface area contributed by atoms with E-state index in [0.29, 0.717) is 23.0 Å². The van der Waals surface area contributed by atoms with Gasteiger partial charge in [-0.3, -0.25) is 5.32 Å². The highest BCUT2D eigenvalue weighted by Crippen LogP contribution is 2.16. The number of nitriles is 1. The van der Waals surface area contributed by atoms with E-state index >= 15 is 0 Å². The Morgan fingerprint density at radius 1 is 1.40 bits per heavy atom. The number of carbonyl (C=O) groups excluding carboxylic acids is 1. The number of amides is 2. The molecule has 0 fully saturated rings. The molecule has 0 aliphatic rings. The number of anilines is 2. The van der Waals surface area contributed by atoms with Crippen LogP contribution in [0, 0.1) is 18.3 Å². The predicted octanol–water partition coefficient (Wildman–Crippen LogP) is 2.53. The normalized spacial score (nSPS) is 9.60. The first-order valence-corrected chi connectivity index (χ1v) is 5.78. The maximum atomic E-state index is 11.7. The van der Waals surface area contributed by atoms with Crippen molar-refractivity contribution in [3.63, 3.8) is 0 Å². The molecule has 0 unspecified atom stereocenters. The summed E-state index contributed by atoms with van der Waals surface area (Å²) in [6.07, 6.45) is 0. The van der Waals surface area contributed by atoms with E-state index in [4.69, 9.17) is 14.5 Å². The highest BCUT2D eigenvalue weighted by Gasteiger charge is 2.06. The minimum atomic E-state index is -0.427. The lowest BCUT2D eigenvalue weighted by Crippen LogP contribution is -2.19. The topological polar surface area (TPSA) is 100 Å². The van der Waals surface area contributed by atoms with Crippen LogP contribution in [0.15, 0.2) is 34.9 Å². The van der Waals surface area contributed by atoms with E-state index in [1.807, 2.05) is 6.07 Å². The molecule has 0 spiro atoms. The molecule has 0 bridgehead atoms. The summed E-state index contributed by atoms with van der Waals surface area (Å²) in [6, 6.07) is 9.71. The molecule has 2 rings (SSSR count). The fourth-order valence-corrected chi connectivity index (χ4v) is 1.45. The second kappa shape index (κ2) is 6.24. The second-order valence-electron chi connectivity index (χ2n) is 3.87. The van der Waals surface area contributed by atoms with Crippen molar-refractivity contribution in [2.75, 3.05) is 17.2 Å². The number of aromatic nitrogens is 1. The van der Waals surface area contributed by atoms with Gasteiger partial charge in [-0.25, -0.2) is 4.79 Å². The average Bonchev–Trinajstić information content (AvgIpc) is 2.83. The molecule has 1 aromatic heterocycles. The number of carbonyl (C=O) groups is 1. The first-order chi connectivity index (χ1) is 9.67. The molecule has 2 aromatic rings. The standard InChI is InChI=1S/C13H12N4O3/c1-9-8-12(17-20-9)16-13(18)15-10-2-4-11(5-3-10)19-7-6-14/h2-5,8H,7H2,1H3,(H2,15,16,17,18). The monoisotopic (exact) mass is 272 g/mol. The minimum absolute atomic E-state index is 0.0151. The molecular formula is C13H12N4O3. The summed E-state index contributed by atoms with van der Waals surface area (Å²) >= 11 is 0. The van der Waals surface area contributed by atoms with Gasteiger partial charge in [0, 0.05) is 11.8 Å². The number of aryl methyl sites for hydroxylation is 1. The van der Waals surface area contributed by atoms with Crippen LogP contribution in [0.25, 0.3) is 0 Å². The van der Waals surface area contributed by atoms with Crippen LogP contribution < -0.4 is 15.4 Å². The van der Waals surface area contributed by atoms with E-state index in [1.54, 1.807) is 37.3 Å². The van der Waals surface area contributed by atoms with E-state index in [-0.39, 0.29) is 6.61 Å². The van der Waals surface area contributed by atoms with Crippen molar-refractivity contribution >= 4 is 17.5 Å². The Morgan fingerprint density at radius 3 is 2.75 bits per heavy atom. The zero-order chi connectivity index (χ0) is 14.4. The van der Waals surface area contributed by atoms with Crippen LogP contribution in [-0.2, 0) is 0 Å². The molecule has 7 heteroatoms. The number of rotatable bonds is 4. The molecule has 0 atom stereocenters. The number of nitrogens with zero attached hydrogens (tertiary/aromatic N) is 2. The van der Waals surface area contributed by atoms with Crippen LogP contribution in [-0.4, -0.2) is 17.8 Å². The lowest BCUT2D eigenvalue weighted by atomic mass is 10.3. The molecule has 2 amide bonds. The maximum absolute atomic E-state index is 11.7. The third kappa shape index (κ3) is 3.74. The van der Waals surface area contributed by atoms with Gasteiger partial charge in [-0.15, -0.1) is 0 Å². The smallest absolute Gasteiger partial charge is 0.324 e. The van der Waals surface area contributed by atoms with Gasteiger partial charge in [-0.2, -0.15) is 5.26 Å². The van der Waals surface area contributed by atoms with Gasteiger partial charge in [0.05, 0.1) is 0 Å². The average molecular weight is 272 g/mol. The van der Waals surface area contributed by atoms with Gasteiger partial charge >= 0.3 is 6.03 Å². The molecule has 2 N–H and O–H groups in total. The van der Waals surface area contributed by atoms with E-state index in [1.165, 1.54) is 0 Å². The Labute approximate surface area is 115 Å². The van der Waals surface area contributed by atoms with Crippen LogP contribution >= 0.6 is 0 Å². The Balaban J connectivity index is 1.89. The lowest BCUT2D eigenvalue weighted by molar-refractivity contribution is 0.262. The van der Waals surface area contributed by atoms with Crippen molar-refractivity contribution in [1.82, 2.24) is 5.16 Å². The summed E-state index contributed by atoms with van der Waals surface area (Å²) in [7, 11) is 0. The number of hydrogen-bond acceptors (Lipinski definition) is 5. The first-order valence-electron chi connectivity index (χ1n) is 5.78. The largest absolute Gasteiger partial charge is 0.479 e. The Kier molecular flexibility index (Phi) is 4.19. The van der Waals surface area contributed by atoms with E-state index in [0.717, 1.165) is 0 Å². The molecule has 20 heavy (non-hydrogen) atoms. The summed E-state index contributed by atoms with van der Waals surface area (Å²) in [5, 5.41) is 17.2. The first kappa shape index (κ1) is 13.4. The maximum Gasteiger partial charge on any atom is 0.324 e. The fraction of sp³-hybridized carbons (Fsp3) is 0.154. The second-order valence-corrected chi connectivity index (χ2v) is 3.87. The summed E-state index contributed by atoms with van der Waals surface area (Å²) in [4.78, 5) is 11.7. The van der Waals surface area contributed by atoms with E-state index in [9.17, 15) is 4.79 Å². The predicted molar refractivity (Wildman–Crippen MR) is 71.4 cm³/mol. The van der Waals surface area contributed by atoms with Gasteiger partial charge < -0.3 is 14.6 Å². The molecule has 0 saturated heterocycles. The van der Waals surface area contributed by atoms with Gasteiger partial charge in [0.1, 0.15) is 17.6 Å². The molecule has 102 valence electrons. The molecule has 0 radical (unpaired) electrons.